The normalized spacial score (nSPS) is 29.9. The van der Waals surface area contributed by atoms with Crippen molar-refractivity contribution in [3.8, 4) is 0 Å². The highest BCUT2D eigenvalue weighted by Crippen LogP contribution is 2.42. The van der Waals surface area contributed by atoms with Gasteiger partial charge in [0.2, 0.25) is 0 Å². The highest BCUT2D eigenvalue weighted by Gasteiger charge is 2.48. The summed E-state index contributed by atoms with van der Waals surface area (Å²) >= 11 is 0. The predicted molar refractivity (Wildman–Crippen MR) is 103 cm³/mol. The number of rotatable bonds is 5. The summed E-state index contributed by atoms with van der Waals surface area (Å²) in [5.74, 6) is 0.302. The van der Waals surface area contributed by atoms with Crippen LogP contribution in [0, 0.1) is 5.82 Å². The smallest absolute Gasteiger partial charge is 0.266 e. The molecule has 148 valence electrons. The van der Waals surface area contributed by atoms with E-state index in [4.69, 9.17) is 0 Å². The van der Waals surface area contributed by atoms with Crippen molar-refractivity contribution in [2.75, 3.05) is 0 Å². The first-order valence-corrected chi connectivity index (χ1v) is 10.3. The van der Waals surface area contributed by atoms with Gasteiger partial charge in [-0.2, -0.15) is 5.10 Å². The third kappa shape index (κ3) is 3.40. The summed E-state index contributed by atoms with van der Waals surface area (Å²) in [6, 6.07) is 10.7. The van der Waals surface area contributed by atoms with Crippen LogP contribution in [0.2, 0.25) is 0 Å². The molecule has 2 aliphatic heterocycles. The largest absolute Gasteiger partial charge is 0.388 e. The molecule has 3 aliphatic rings. The Labute approximate surface area is 163 Å². The Morgan fingerprint density at radius 3 is 2.46 bits per heavy atom. The van der Waals surface area contributed by atoms with Crippen LogP contribution in [0.15, 0.2) is 41.2 Å². The molecular formula is C22H26FN3O2. The maximum Gasteiger partial charge on any atom is 0.266 e. The van der Waals surface area contributed by atoms with E-state index in [2.05, 4.69) is 10.00 Å². The van der Waals surface area contributed by atoms with Crippen LogP contribution in [0.3, 0.4) is 0 Å². The van der Waals surface area contributed by atoms with Gasteiger partial charge in [-0.3, -0.25) is 9.69 Å². The van der Waals surface area contributed by atoms with Crippen molar-refractivity contribution < 1.29 is 9.50 Å². The number of hydrogen-bond donors (Lipinski definition) is 1. The lowest BCUT2D eigenvalue weighted by Crippen LogP contribution is -2.53. The van der Waals surface area contributed by atoms with E-state index in [0.717, 1.165) is 31.4 Å². The highest BCUT2D eigenvalue weighted by molar-refractivity contribution is 5.18. The lowest BCUT2D eigenvalue weighted by molar-refractivity contribution is -0.0679. The summed E-state index contributed by atoms with van der Waals surface area (Å²) in [6.07, 6.45) is 5.46. The van der Waals surface area contributed by atoms with E-state index in [1.807, 2.05) is 18.2 Å². The van der Waals surface area contributed by atoms with E-state index in [1.165, 1.54) is 10.7 Å². The van der Waals surface area contributed by atoms with Crippen LogP contribution in [0.1, 0.15) is 55.7 Å². The Balaban J connectivity index is 1.33. The van der Waals surface area contributed by atoms with Gasteiger partial charge >= 0.3 is 0 Å². The van der Waals surface area contributed by atoms with Crippen molar-refractivity contribution in [3.63, 3.8) is 0 Å². The number of benzene rings is 1. The lowest BCUT2D eigenvalue weighted by atomic mass is 9.85. The Morgan fingerprint density at radius 2 is 1.79 bits per heavy atom. The molecule has 2 unspecified atom stereocenters. The summed E-state index contributed by atoms with van der Waals surface area (Å²) in [5.41, 5.74) is 0.582. The lowest BCUT2D eigenvalue weighted by Gasteiger charge is -2.43. The molecule has 3 heterocycles. The van der Waals surface area contributed by atoms with Gasteiger partial charge in [-0.1, -0.05) is 18.2 Å². The third-order valence-electron chi connectivity index (χ3n) is 6.64. The molecule has 1 N–H and O–H groups in total. The van der Waals surface area contributed by atoms with E-state index >= 15 is 0 Å². The van der Waals surface area contributed by atoms with Gasteiger partial charge < -0.3 is 5.11 Å². The second-order valence-corrected chi connectivity index (χ2v) is 8.81. The molecule has 0 spiro atoms. The summed E-state index contributed by atoms with van der Waals surface area (Å²) in [5, 5.41) is 15.8. The monoisotopic (exact) mass is 383 g/mol. The SMILES string of the molecule is O=c1ccc(C2CC2)nn1CC1(O)CC2CCC(C1)N2Cc1ccccc1F. The van der Waals surface area contributed by atoms with E-state index < -0.39 is 5.60 Å². The number of aliphatic hydroxyl groups is 1. The summed E-state index contributed by atoms with van der Waals surface area (Å²) < 4.78 is 15.5. The maximum atomic E-state index is 14.1. The van der Waals surface area contributed by atoms with Gasteiger partial charge in [0, 0.05) is 36.2 Å². The van der Waals surface area contributed by atoms with Crippen LogP contribution in [0.4, 0.5) is 4.39 Å². The standard InChI is InChI=1S/C22H26FN3O2/c23-19-4-2-1-3-16(19)13-25-17-7-8-18(25)12-22(28,11-17)14-26-21(27)10-9-20(24-26)15-5-6-15/h1-4,9-10,15,17-18,28H,5-8,11-14H2. The molecule has 6 heteroatoms. The molecule has 2 bridgehead atoms. The Kier molecular flexibility index (Phi) is 4.36. The van der Waals surface area contributed by atoms with Gasteiger partial charge in [-0.15, -0.1) is 0 Å². The first kappa shape index (κ1) is 18.0. The van der Waals surface area contributed by atoms with Crippen molar-refractivity contribution in [1.82, 2.24) is 14.7 Å². The van der Waals surface area contributed by atoms with Crippen molar-refractivity contribution in [3.05, 3.63) is 63.8 Å². The Bertz CT molecular complexity index is 925. The molecule has 1 aromatic heterocycles. The molecule has 3 fully saturated rings. The van der Waals surface area contributed by atoms with Crippen molar-refractivity contribution in [1.29, 1.82) is 0 Å². The van der Waals surface area contributed by atoms with Crippen LogP contribution < -0.4 is 5.56 Å². The average Bonchev–Trinajstić information content (AvgIpc) is 3.47. The van der Waals surface area contributed by atoms with E-state index in [-0.39, 0.29) is 30.0 Å². The molecule has 2 atom stereocenters. The molecule has 28 heavy (non-hydrogen) atoms. The Hall–Kier alpha value is -2.05. The first-order valence-electron chi connectivity index (χ1n) is 10.3. The number of fused-ring (bicyclic) bond motifs is 2. The van der Waals surface area contributed by atoms with E-state index in [0.29, 0.717) is 30.9 Å². The zero-order valence-corrected chi connectivity index (χ0v) is 15.9. The van der Waals surface area contributed by atoms with E-state index in [9.17, 15) is 14.3 Å². The van der Waals surface area contributed by atoms with Crippen LogP contribution in [0.25, 0.3) is 0 Å². The van der Waals surface area contributed by atoms with Crippen LogP contribution in [-0.4, -0.2) is 37.5 Å². The fourth-order valence-electron chi connectivity index (χ4n) is 5.08. The van der Waals surface area contributed by atoms with Crippen LogP contribution in [0.5, 0.6) is 0 Å². The minimum atomic E-state index is -0.934. The van der Waals surface area contributed by atoms with Gasteiger partial charge in [0.25, 0.3) is 5.56 Å². The van der Waals surface area contributed by atoms with Crippen molar-refractivity contribution >= 4 is 0 Å². The van der Waals surface area contributed by atoms with Gasteiger partial charge in [0.15, 0.2) is 0 Å². The molecular weight excluding hydrogens is 357 g/mol. The number of halogens is 1. The topological polar surface area (TPSA) is 58.4 Å². The molecule has 1 saturated carbocycles. The quantitative estimate of drug-likeness (QED) is 0.863. The average molecular weight is 383 g/mol. The van der Waals surface area contributed by atoms with Gasteiger partial charge in [-0.05, 0) is 50.7 Å². The molecule has 0 amide bonds. The fraction of sp³-hybridized carbons (Fsp3) is 0.545. The van der Waals surface area contributed by atoms with Gasteiger partial charge in [-0.25, -0.2) is 9.07 Å². The molecule has 1 aromatic carbocycles. The van der Waals surface area contributed by atoms with Crippen LogP contribution in [-0.2, 0) is 13.1 Å². The van der Waals surface area contributed by atoms with Crippen molar-refractivity contribution in [2.45, 2.75) is 75.2 Å². The number of aromatic nitrogens is 2. The number of piperidine rings is 1. The number of hydrogen-bond acceptors (Lipinski definition) is 4. The van der Waals surface area contributed by atoms with Gasteiger partial charge in [0.05, 0.1) is 17.8 Å². The molecule has 2 saturated heterocycles. The number of nitrogens with zero attached hydrogens (tertiary/aromatic N) is 3. The minimum absolute atomic E-state index is 0.154. The molecule has 5 rings (SSSR count). The van der Waals surface area contributed by atoms with Gasteiger partial charge in [0.1, 0.15) is 5.82 Å². The highest BCUT2D eigenvalue weighted by atomic mass is 19.1. The summed E-state index contributed by atoms with van der Waals surface area (Å²) in [4.78, 5) is 14.6. The molecule has 1 aliphatic carbocycles. The molecule has 2 aromatic rings. The zero-order chi connectivity index (χ0) is 19.3. The third-order valence-corrected chi connectivity index (χ3v) is 6.64. The molecule has 0 radical (unpaired) electrons. The summed E-state index contributed by atoms with van der Waals surface area (Å²) in [6.45, 7) is 0.820. The predicted octanol–water partition coefficient (Wildman–Crippen LogP) is 2.82. The fourth-order valence-corrected chi connectivity index (χ4v) is 5.08. The maximum absolute atomic E-state index is 14.1. The minimum Gasteiger partial charge on any atom is -0.388 e. The van der Waals surface area contributed by atoms with Crippen molar-refractivity contribution in [2.24, 2.45) is 0 Å². The second kappa shape index (κ2) is 6.78. The van der Waals surface area contributed by atoms with Crippen LogP contribution >= 0.6 is 0 Å². The Morgan fingerprint density at radius 1 is 1.07 bits per heavy atom. The zero-order valence-electron chi connectivity index (χ0n) is 15.9. The second-order valence-electron chi connectivity index (χ2n) is 8.81. The first-order chi connectivity index (χ1) is 13.5. The molecule has 5 nitrogen and oxygen atoms in total. The van der Waals surface area contributed by atoms with E-state index in [1.54, 1.807) is 12.1 Å². The summed E-state index contributed by atoms with van der Waals surface area (Å²) in [7, 11) is 0.